The van der Waals surface area contributed by atoms with Gasteiger partial charge in [-0.15, -0.1) is 56.7 Å². The number of allylic oxidation sites excluding steroid dienone is 5. The summed E-state index contributed by atoms with van der Waals surface area (Å²) in [5.74, 6) is -0.493. The molecular formula is C84H48N4O2S5. The molecule has 8 aromatic carbocycles. The largest absolute Gasteiger partial charge is 0.528 e. The van der Waals surface area contributed by atoms with E-state index in [4.69, 9.17) is 13.1 Å². The van der Waals surface area contributed by atoms with E-state index in [2.05, 4.69) is 195 Å². The molecule has 6 nitrogen and oxygen atoms in total. The number of hydrogen-bond acceptors (Lipinski definition) is 9. The number of benzene rings is 8. The summed E-state index contributed by atoms with van der Waals surface area (Å²) in [6.07, 6.45) is 3.70. The van der Waals surface area contributed by atoms with Crippen molar-refractivity contribution in [2.75, 3.05) is 0 Å². The molecule has 0 aliphatic heterocycles. The minimum Gasteiger partial charge on any atom is -0.289 e. The predicted octanol–water partition coefficient (Wildman–Crippen LogP) is 22.5. The molecule has 4 aliphatic rings. The second kappa shape index (κ2) is 21.8. The monoisotopic (exact) mass is 1300 g/mol. The number of fused-ring (bicyclic) bond motifs is 12. The van der Waals surface area contributed by atoms with Crippen molar-refractivity contribution in [2.24, 2.45) is 0 Å². The van der Waals surface area contributed by atoms with E-state index in [0.717, 1.165) is 34.6 Å². The molecule has 5 heterocycles. The van der Waals surface area contributed by atoms with E-state index in [1.165, 1.54) is 102 Å². The van der Waals surface area contributed by atoms with E-state index in [9.17, 15) is 20.1 Å². The van der Waals surface area contributed by atoms with Crippen LogP contribution >= 0.6 is 56.7 Å². The van der Waals surface area contributed by atoms with E-state index in [-0.39, 0.29) is 23.0 Å². The fourth-order valence-corrected chi connectivity index (χ4v) is 21.2. The number of aryl methyl sites for hydroxylation is 4. The number of nitrogens with zero attached hydrogens (tertiary/aromatic N) is 4. The van der Waals surface area contributed by atoms with Crippen LogP contribution in [-0.4, -0.2) is 11.6 Å². The highest BCUT2D eigenvalue weighted by atomic mass is 32.1. The van der Waals surface area contributed by atoms with Gasteiger partial charge in [-0.3, -0.25) is 9.59 Å². The van der Waals surface area contributed by atoms with Crippen LogP contribution in [-0.2, 0) is 10.8 Å². The number of thiophene rings is 5. The molecule has 17 rings (SSSR count). The lowest BCUT2D eigenvalue weighted by atomic mass is 9.65. The summed E-state index contributed by atoms with van der Waals surface area (Å²) in [5.41, 5.74) is 20.1. The van der Waals surface area contributed by atoms with Gasteiger partial charge in [0.2, 0.25) is 0 Å². The zero-order valence-corrected chi connectivity index (χ0v) is 55.5. The second-order valence-electron chi connectivity index (χ2n) is 24.7. The SMILES string of the molecule is [C-]#[N+]C([N+]#[C-])=C1/C(=C/c2ccc(-c3ccc4c5c(sc4c3)-c3cc4c(cc3C5(c3ccc(C)cc3)c3ccc(C)cc3)-c3sc5cc(-c6ccc(/C=C7\C(=O)c8ccccc8C7=C(C#N)C#N)s6)sc5c3C4(c3ccc(C)cc3)c3ccc(C)cc3)s2)C(=O)c2ccccc21. The Hall–Kier alpha value is -11.0. The van der Waals surface area contributed by atoms with Crippen molar-refractivity contribution >= 4 is 111 Å². The molecule has 0 fully saturated rings. The van der Waals surface area contributed by atoms with Crippen LogP contribution in [0.3, 0.4) is 0 Å². The zero-order chi connectivity index (χ0) is 64.8. The van der Waals surface area contributed by atoms with Crippen LogP contribution in [0, 0.1) is 63.5 Å². The van der Waals surface area contributed by atoms with Gasteiger partial charge in [0, 0.05) is 76.9 Å². The average Bonchev–Trinajstić information content (AvgIpc) is 1.50. The number of carbonyl (C=O) groups excluding carboxylic acids is 2. The van der Waals surface area contributed by atoms with Crippen LogP contribution in [0.15, 0.2) is 229 Å². The average molecular weight is 1310 g/mol. The van der Waals surface area contributed by atoms with Gasteiger partial charge in [-0.2, -0.15) is 20.2 Å². The summed E-state index contributed by atoms with van der Waals surface area (Å²) in [6.45, 7) is 24.4. The topological polar surface area (TPSA) is 90.4 Å². The standard InChI is InChI=1S/C84H48N4O2S5/c1-45-15-24-51(25-16-45)83(52-26-17-46(2)18-27-52)66-41-63-67(40-62(66)79-75(83)61-34-23-49(37-70(61)93-79)68-35-32-55(91-68)39-65-74(82(87-5)88-6)58-12-8-10-14-60(58)78(65)90)84(53-28-19-47(3)20-29-53,54-30-21-48(4)22-31-54)76-80(63)95-72-42-71(94-81(72)76)69-36-33-56(92-69)38-64-73(50(43-85)44-86)57-11-7-9-13-59(57)77(64)89/h7-42H,1-4H3/b64-38-,65-39-. The maximum absolute atomic E-state index is 14.0. The van der Waals surface area contributed by atoms with Crippen molar-refractivity contribution in [1.29, 1.82) is 10.5 Å². The Kier molecular flexibility index (Phi) is 13.3. The number of hydrogen-bond donors (Lipinski definition) is 0. The van der Waals surface area contributed by atoms with Gasteiger partial charge in [-0.25, -0.2) is 0 Å². The van der Waals surface area contributed by atoms with E-state index >= 15 is 0 Å². The Labute approximate surface area is 568 Å². The van der Waals surface area contributed by atoms with Crippen LogP contribution < -0.4 is 0 Å². The first-order chi connectivity index (χ1) is 46.3. The molecule has 4 aliphatic carbocycles. The quantitative estimate of drug-likeness (QED) is 0.0861. The molecule has 0 unspecified atom stereocenters. The highest BCUT2D eigenvalue weighted by Crippen LogP contribution is 2.68. The summed E-state index contributed by atoms with van der Waals surface area (Å²) in [4.78, 5) is 42.6. The lowest BCUT2D eigenvalue weighted by Crippen LogP contribution is -2.30. The van der Waals surface area contributed by atoms with Gasteiger partial charge >= 0.3 is 5.82 Å². The van der Waals surface area contributed by atoms with Crippen LogP contribution in [0.5, 0.6) is 0 Å². The number of ketones is 2. The maximum atomic E-state index is 14.0. The van der Waals surface area contributed by atoms with Gasteiger partial charge in [0.25, 0.3) is 0 Å². The molecule has 0 N–H and O–H groups in total. The highest BCUT2D eigenvalue weighted by molar-refractivity contribution is 7.33. The Morgan fingerprint density at radius 1 is 0.432 bits per heavy atom. The van der Waals surface area contributed by atoms with Crippen molar-refractivity contribution in [3.8, 4) is 53.2 Å². The van der Waals surface area contributed by atoms with Crippen LogP contribution in [0.4, 0.5) is 0 Å². The molecule has 0 bridgehead atoms. The zero-order valence-electron chi connectivity index (χ0n) is 51.4. The predicted molar refractivity (Wildman–Crippen MR) is 391 cm³/mol. The minimum atomic E-state index is -0.753. The van der Waals surface area contributed by atoms with Gasteiger partial charge in [-0.1, -0.05) is 180 Å². The maximum Gasteiger partial charge on any atom is 0.528 e. The first kappa shape index (κ1) is 57.9. The van der Waals surface area contributed by atoms with E-state index in [0.29, 0.717) is 44.5 Å². The van der Waals surface area contributed by atoms with Gasteiger partial charge in [0.15, 0.2) is 11.6 Å². The third kappa shape index (κ3) is 8.45. The lowest BCUT2D eigenvalue weighted by Gasteiger charge is -2.36. The molecule has 0 atom stereocenters. The number of Topliss-reactive ketones (excluding diaryl/α,β-unsaturated/α-hetero) is 2. The molecule has 0 saturated carbocycles. The van der Waals surface area contributed by atoms with Crippen molar-refractivity contribution in [2.45, 2.75) is 38.5 Å². The molecule has 11 heteroatoms. The van der Waals surface area contributed by atoms with Crippen molar-refractivity contribution in [1.82, 2.24) is 0 Å². The summed E-state index contributed by atoms with van der Waals surface area (Å²) >= 11 is 8.72. The molecule has 0 radical (unpaired) electrons. The van der Waals surface area contributed by atoms with Crippen LogP contribution in [0.2, 0.25) is 0 Å². The Bertz CT molecular complexity index is 5780. The first-order valence-electron chi connectivity index (χ1n) is 30.9. The third-order valence-electron chi connectivity index (χ3n) is 19.4. The molecule has 5 aromatic heterocycles. The van der Waals surface area contributed by atoms with E-state index < -0.39 is 10.8 Å². The second-order valence-corrected chi connectivity index (χ2v) is 30.1. The smallest absolute Gasteiger partial charge is 0.289 e. The molecule has 13 aromatic rings. The van der Waals surface area contributed by atoms with Crippen LogP contribution in [0.25, 0.3) is 93.6 Å². The van der Waals surface area contributed by atoms with Crippen molar-refractivity contribution in [3.05, 3.63) is 350 Å². The van der Waals surface area contributed by atoms with Gasteiger partial charge in [-0.05, 0) is 161 Å². The summed E-state index contributed by atoms with van der Waals surface area (Å²) in [7, 11) is 0. The van der Waals surface area contributed by atoms with E-state index in [1.54, 1.807) is 34.8 Å². The Balaban J connectivity index is 0.871. The van der Waals surface area contributed by atoms with Gasteiger partial charge in [0.1, 0.15) is 30.9 Å². The molecule has 0 spiro atoms. The third-order valence-corrected chi connectivity index (χ3v) is 25.3. The summed E-state index contributed by atoms with van der Waals surface area (Å²) in [6, 6.07) is 78.0. The number of rotatable bonds is 8. The molecule has 446 valence electrons. The lowest BCUT2D eigenvalue weighted by molar-refractivity contribution is 0.103. The Morgan fingerprint density at radius 3 is 1.38 bits per heavy atom. The fourth-order valence-electron chi connectivity index (χ4n) is 15.1. The summed E-state index contributed by atoms with van der Waals surface area (Å²) in [5, 5.41) is 21.4. The number of carbonyl (C=O) groups is 2. The first-order valence-corrected chi connectivity index (χ1v) is 35.0. The van der Waals surface area contributed by atoms with Crippen LogP contribution in [0.1, 0.15) is 108 Å². The molecule has 95 heavy (non-hydrogen) atoms. The fraction of sp³-hybridized carbons (Fsp3) is 0.0714. The minimum absolute atomic E-state index is 0.0812. The molecule has 0 saturated heterocycles. The molecule has 0 amide bonds. The Morgan fingerprint density at radius 2 is 0.874 bits per heavy atom. The van der Waals surface area contributed by atoms with Crippen molar-refractivity contribution < 1.29 is 9.59 Å². The van der Waals surface area contributed by atoms with E-state index in [1.807, 2.05) is 94.7 Å². The van der Waals surface area contributed by atoms with Crippen molar-refractivity contribution in [3.63, 3.8) is 0 Å². The van der Waals surface area contributed by atoms with Gasteiger partial charge in [0.05, 0.1) is 21.1 Å². The summed E-state index contributed by atoms with van der Waals surface area (Å²) < 4.78 is 3.59. The normalized spacial score (nSPS) is 15.1. The number of nitriles is 2. The molecular weight excluding hydrogens is 1260 g/mol. The highest BCUT2D eigenvalue weighted by Gasteiger charge is 2.54. The van der Waals surface area contributed by atoms with Gasteiger partial charge < -0.3 is 0 Å².